The number of piperidine rings is 1. The van der Waals surface area contributed by atoms with E-state index in [0.29, 0.717) is 35.6 Å². The van der Waals surface area contributed by atoms with Gasteiger partial charge in [-0.2, -0.15) is 5.26 Å². The number of amides is 1. The molecule has 1 aromatic rings. The van der Waals surface area contributed by atoms with Gasteiger partial charge >= 0.3 is 6.09 Å². The average Bonchev–Trinajstić information content (AvgIpc) is 2.72. The summed E-state index contributed by atoms with van der Waals surface area (Å²) in [5.74, 6) is 0.242. The van der Waals surface area contributed by atoms with Crippen molar-refractivity contribution in [3.8, 4) is 6.07 Å². The number of nitriles is 1. The highest BCUT2D eigenvalue weighted by Crippen LogP contribution is 2.24. The number of benzene rings is 1. The fourth-order valence-corrected chi connectivity index (χ4v) is 3.59. The molecule has 1 fully saturated rings. The van der Waals surface area contributed by atoms with Crippen LogP contribution in [0, 0.1) is 30.0 Å². The van der Waals surface area contributed by atoms with Crippen LogP contribution in [0.4, 0.5) is 9.18 Å². The Morgan fingerprint density at radius 2 is 2.03 bits per heavy atom. The molecule has 1 saturated heterocycles. The molecule has 7 heteroatoms. The Balaban J connectivity index is 2.03. The topological polar surface area (TPSA) is 68.9 Å². The first-order valence-corrected chi connectivity index (χ1v) is 10.7. The zero-order chi connectivity index (χ0) is 24.1. The summed E-state index contributed by atoms with van der Waals surface area (Å²) in [4.78, 5) is 20.4. The van der Waals surface area contributed by atoms with Gasteiger partial charge in [-0.05, 0) is 64.3 Å². The predicted octanol–water partition coefficient (Wildman–Crippen LogP) is 5.18. The highest BCUT2D eigenvalue weighted by atomic mass is 19.1. The molecule has 1 aliphatic rings. The maximum atomic E-state index is 14.4. The molecule has 0 aliphatic carbocycles. The Morgan fingerprint density at radius 1 is 1.41 bits per heavy atom. The minimum absolute atomic E-state index is 0.157. The van der Waals surface area contributed by atoms with Gasteiger partial charge in [0.25, 0.3) is 0 Å². The lowest BCUT2D eigenvalue weighted by atomic mass is 9.92. The Morgan fingerprint density at radius 3 is 2.53 bits per heavy atom. The van der Waals surface area contributed by atoms with Crippen LogP contribution >= 0.6 is 0 Å². The van der Waals surface area contributed by atoms with Crippen LogP contribution in [0.15, 0.2) is 42.2 Å². The van der Waals surface area contributed by atoms with Crippen molar-refractivity contribution in [2.75, 3.05) is 20.1 Å². The lowest BCUT2D eigenvalue weighted by Crippen LogP contribution is -2.42. The van der Waals surface area contributed by atoms with E-state index < -0.39 is 11.4 Å². The summed E-state index contributed by atoms with van der Waals surface area (Å²) in [6, 6.07) is 4.88. The molecule has 0 unspecified atom stereocenters. The molecule has 0 saturated carbocycles. The molecule has 0 N–H and O–H groups in total. The normalized spacial score (nSPS) is 15.2. The number of aliphatic imine (C=N–C) groups is 1. The van der Waals surface area contributed by atoms with E-state index in [9.17, 15) is 9.18 Å². The van der Waals surface area contributed by atoms with Gasteiger partial charge < -0.3 is 14.5 Å². The van der Waals surface area contributed by atoms with E-state index in [4.69, 9.17) is 10.00 Å². The van der Waals surface area contributed by atoms with Gasteiger partial charge in [-0.15, -0.1) is 0 Å². The molecule has 0 aromatic heterocycles. The number of nitrogens with zero attached hydrogens (tertiary/aromatic N) is 4. The van der Waals surface area contributed by atoms with Gasteiger partial charge in [0.05, 0.1) is 11.6 Å². The number of carbonyl (C=O) groups is 1. The van der Waals surface area contributed by atoms with Crippen LogP contribution in [0.2, 0.25) is 0 Å². The van der Waals surface area contributed by atoms with Crippen molar-refractivity contribution in [2.24, 2.45) is 10.9 Å². The van der Waals surface area contributed by atoms with Crippen LogP contribution in [0.5, 0.6) is 0 Å². The number of aryl methyl sites for hydroxylation is 1. The zero-order valence-electron chi connectivity index (χ0n) is 19.7. The van der Waals surface area contributed by atoms with Gasteiger partial charge in [0.1, 0.15) is 17.2 Å². The van der Waals surface area contributed by atoms with Crippen molar-refractivity contribution < 1.29 is 13.9 Å². The van der Waals surface area contributed by atoms with E-state index in [1.54, 1.807) is 35.9 Å². The van der Waals surface area contributed by atoms with E-state index in [2.05, 4.69) is 18.2 Å². The SMILES string of the molecule is C=C/C(=N\C(=C)N(C)Cc1c(C)cc(C#N)cc1F)C1CCN(C(=O)OC(C)(C)C)CC1. The zero-order valence-corrected chi connectivity index (χ0v) is 19.7. The van der Waals surface area contributed by atoms with Crippen molar-refractivity contribution in [3.63, 3.8) is 0 Å². The molecular weight excluding hydrogens is 407 g/mol. The van der Waals surface area contributed by atoms with Crippen LogP contribution < -0.4 is 0 Å². The number of likely N-dealkylation sites (tertiary alicyclic amines) is 1. The Kier molecular flexibility index (Phi) is 8.20. The van der Waals surface area contributed by atoms with Crippen molar-refractivity contribution in [3.05, 3.63) is 59.7 Å². The summed E-state index contributed by atoms with van der Waals surface area (Å²) < 4.78 is 19.9. The summed E-state index contributed by atoms with van der Waals surface area (Å²) in [7, 11) is 1.80. The van der Waals surface area contributed by atoms with Gasteiger partial charge in [0.2, 0.25) is 0 Å². The first kappa shape index (κ1) is 25.1. The van der Waals surface area contributed by atoms with Crippen molar-refractivity contribution in [1.29, 1.82) is 5.26 Å². The highest BCUT2D eigenvalue weighted by molar-refractivity contribution is 5.97. The molecule has 1 aliphatic heterocycles. The van der Waals surface area contributed by atoms with Crippen LogP contribution in [0.1, 0.15) is 50.3 Å². The van der Waals surface area contributed by atoms with E-state index in [0.717, 1.165) is 18.6 Å². The predicted molar refractivity (Wildman–Crippen MR) is 125 cm³/mol. The monoisotopic (exact) mass is 440 g/mol. The summed E-state index contributed by atoms with van der Waals surface area (Å²) >= 11 is 0. The number of halogens is 1. The minimum Gasteiger partial charge on any atom is -0.444 e. The van der Waals surface area contributed by atoms with E-state index in [1.807, 2.05) is 26.8 Å². The third kappa shape index (κ3) is 6.68. The fraction of sp³-hybridized carbons (Fsp3) is 0.480. The molecule has 1 amide bonds. The molecule has 0 bridgehead atoms. The first-order chi connectivity index (χ1) is 14.9. The molecule has 0 atom stereocenters. The Labute approximate surface area is 190 Å². The van der Waals surface area contributed by atoms with E-state index in [1.165, 1.54) is 6.07 Å². The van der Waals surface area contributed by atoms with Gasteiger partial charge in [-0.1, -0.05) is 13.2 Å². The maximum Gasteiger partial charge on any atom is 0.410 e. The van der Waals surface area contributed by atoms with Gasteiger partial charge in [-0.25, -0.2) is 14.2 Å². The Bertz CT molecular complexity index is 925. The molecule has 0 radical (unpaired) electrons. The van der Waals surface area contributed by atoms with Crippen LogP contribution in [-0.2, 0) is 11.3 Å². The molecule has 2 rings (SSSR count). The second-order valence-electron chi connectivity index (χ2n) is 9.12. The molecule has 1 aromatic carbocycles. The van der Waals surface area contributed by atoms with Crippen molar-refractivity contribution in [2.45, 2.75) is 52.7 Å². The first-order valence-electron chi connectivity index (χ1n) is 10.7. The highest BCUT2D eigenvalue weighted by Gasteiger charge is 2.28. The molecule has 0 spiro atoms. The van der Waals surface area contributed by atoms with Crippen LogP contribution in [-0.4, -0.2) is 47.3 Å². The molecule has 6 nitrogen and oxygen atoms in total. The van der Waals surface area contributed by atoms with Gasteiger partial charge in [0, 0.05) is 43.9 Å². The van der Waals surface area contributed by atoms with Crippen LogP contribution in [0.25, 0.3) is 0 Å². The lowest BCUT2D eigenvalue weighted by molar-refractivity contribution is 0.0202. The maximum absolute atomic E-state index is 14.4. The molecule has 172 valence electrons. The van der Waals surface area contributed by atoms with Crippen molar-refractivity contribution >= 4 is 11.8 Å². The number of allylic oxidation sites excluding steroid dienone is 1. The third-order valence-corrected chi connectivity index (χ3v) is 5.42. The largest absolute Gasteiger partial charge is 0.444 e. The summed E-state index contributed by atoms with van der Waals surface area (Å²) in [5, 5.41) is 9.00. The third-order valence-electron chi connectivity index (χ3n) is 5.42. The standard InChI is InChI=1S/C25H33FN4O2/c1-8-23(20-9-11-30(12-10-20)24(31)32-25(4,5)6)28-18(3)29(7)16-21-17(2)13-19(15-27)14-22(21)26/h8,13-14,20H,1,3,9-12,16H2,2,4-7H3/b28-23+. The van der Waals surface area contributed by atoms with E-state index in [-0.39, 0.29) is 18.6 Å². The molecule has 1 heterocycles. The molecular formula is C25H33FN4O2. The molecule has 32 heavy (non-hydrogen) atoms. The number of hydrogen-bond acceptors (Lipinski definition) is 5. The van der Waals surface area contributed by atoms with Crippen LogP contribution in [0.3, 0.4) is 0 Å². The van der Waals surface area contributed by atoms with E-state index >= 15 is 0 Å². The number of hydrogen-bond donors (Lipinski definition) is 0. The Hall–Kier alpha value is -3.14. The minimum atomic E-state index is -0.517. The summed E-state index contributed by atoms with van der Waals surface area (Å²) in [6.07, 6.45) is 2.94. The smallest absolute Gasteiger partial charge is 0.410 e. The number of carbonyl (C=O) groups excluding carboxylic acids is 1. The fourth-order valence-electron chi connectivity index (χ4n) is 3.59. The number of rotatable bonds is 6. The second kappa shape index (κ2) is 10.4. The average molecular weight is 441 g/mol. The second-order valence-corrected chi connectivity index (χ2v) is 9.12. The number of ether oxygens (including phenoxy) is 1. The van der Waals surface area contributed by atoms with Crippen molar-refractivity contribution in [1.82, 2.24) is 9.80 Å². The van der Waals surface area contributed by atoms with Gasteiger partial charge in [0.15, 0.2) is 0 Å². The van der Waals surface area contributed by atoms with Gasteiger partial charge in [-0.3, -0.25) is 0 Å². The summed E-state index contributed by atoms with van der Waals surface area (Å²) in [6.45, 7) is 16.7. The quantitative estimate of drug-likeness (QED) is 0.572. The summed E-state index contributed by atoms with van der Waals surface area (Å²) in [5.41, 5.74) is 1.81. The lowest BCUT2D eigenvalue weighted by Gasteiger charge is -2.33.